The van der Waals surface area contributed by atoms with Gasteiger partial charge in [-0.2, -0.15) is 0 Å². The fourth-order valence-corrected chi connectivity index (χ4v) is 3.33. The SMILES string of the molecule is Cc1c(C)c(C)c(CCCCCCNC2CC2)c(C)c1C. The molecule has 2 rings (SSSR count). The summed E-state index contributed by atoms with van der Waals surface area (Å²) in [5.41, 5.74) is 9.17. The Morgan fingerprint density at radius 1 is 0.714 bits per heavy atom. The summed E-state index contributed by atoms with van der Waals surface area (Å²) in [5.74, 6) is 0. The van der Waals surface area contributed by atoms with Gasteiger partial charge in [0.1, 0.15) is 0 Å². The molecule has 0 saturated heterocycles. The summed E-state index contributed by atoms with van der Waals surface area (Å²) in [7, 11) is 0. The van der Waals surface area contributed by atoms with E-state index >= 15 is 0 Å². The molecule has 0 aromatic heterocycles. The van der Waals surface area contributed by atoms with E-state index in [2.05, 4.69) is 39.9 Å². The van der Waals surface area contributed by atoms with Crippen molar-refractivity contribution in [2.45, 2.75) is 85.6 Å². The Hall–Kier alpha value is -0.820. The van der Waals surface area contributed by atoms with Crippen molar-refractivity contribution in [3.05, 3.63) is 33.4 Å². The lowest BCUT2D eigenvalue weighted by atomic mass is 9.87. The molecule has 1 aromatic rings. The van der Waals surface area contributed by atoms with E-state index in [9.17, 15) is 0 Å². The first-order valence-electron chi connectivity index (χ1n) is 8.81. The largest absolute Gasteiger partial charge is 0.314 e. The summed E-state index contributed by atoms with van der Waals surface area (Å²) in [5, 5.41) is 3.60. The van der Waals surface area contributed by atoms with Gasteiger partial charge in [0.25, 0.3) is 0 Å². The average molecular weight is 287 g/mol. The molecule has 21 heavy (non-hydrogen) atoms. The quantitative estimate of drug-likeness (QED) is 0.657. The van der Waals surface area contributed by atoms with E-state index in [1.807, 2.05) is 0 Å². The summed E-state index contributed by atoms with van der Waals surface area (Å²) in [6.07, 6.45) is 9.51. The fraction of sp³-hybridized carbons (Fsp3) is 0.700. The third-order valence-corrected chi connectivity index (χ3v) is 5.52. The zero-order valence-corrected chi connectivity index (χ0v) is 14.7. The molecule has 0 aliphatic heterocycles. The third kappa shape index (κ3) is 4.32. The molecular formula is C20H33N. The van der Waals surface area contributed by atoms with Gasteiger partial charge in [0.05, 0.1) is 0 Å². The average Bonchev–Trinajstić information content (AvgIpc) is 3.29. The van der Waals surface area contributed by atoms with E-state index in [-0.39, 0.29) is 0 Å². The van der Waals surface area contributed by atoms with E-state index in [1.54, 1.807) is 5.56 Å². The Balaban J connectivity index is 1.77. The molecule has 0 amide bonds. The Bertz CT molecular complexity index is 454. The van der Waals surface area contributed by atoms with Crippen LogP contribution in [-0.4, -0.2) is 12.6 Å². The summed E-state index contributed by atoms with van der Waals surface area (Å²) in [6.45, 7) is 12.7. The van der Waals surface area contributed by atoms with Crippen LogP contribution in [0.5, 0.6) is 0 Å². The zero-order chi connectivity index (χ0) is 15.4. The van der Waals surface area contributed by atoms with Crippen molar-refractivity contribution >= 4 is 0 Å². The molecule has 1 aliphatic rings. The van der Waals surface area contributed by atoms with Crippen LogP contribution >= 0.6 is 0 Å². The van der Waals surface area contributed by atoms with Crippen LogP contribution in [0.2, 0.25) is 0 Å². The van der Waals surface area contributed by atoms with Gasteiger partial charge in [0, 0.05) is 6.04 Å². The molecule has 1 fully saturated rings. The minimum Gasteiger partial charge on any atom is -0.314 e. The summed E-state index contributed by atoms with van der Waals surface area (Å²) >= 11 is 0. The Morgan fingerprint density at radius 2 is 1.24 bits per heavy atom. The normalized spacial score (nSPS) is 14.7. The maximum Gasteiger partial charge on any atom is 0.00682 e. The minimum atomic E-state index is 0.869. The van der Waals surface area contributed by atoms with E-state index in [4.69, 9.17) is 0 Å². The lowest BCUT2D eigenvalue weighted by molar-refractivity contribution is 0.584. The molecule has 0 atom stereocenters. The first-order valence-corrected chi connectivity index (χ1v) is 8.81. The Kier molecular flexibility index (Phi) is 5.87. The molecule has 1 aromatic carbocycles. The van der Waals surface area contributed by atoms with Crippen molar-refractivity contribution in [2.75, 3.05) is 6.54 Å². The van der Waals surface area contributed by atoms with Gasteiger partial charge >= 0.3 is 0 Å². The van der Waals surface area contributed by atoms with E-state index < -0.39 is 0 Å². The standard InChI is InChI=1S/C20H33N/c1-14-15(2)17(4)20(18(5)16(14)3)10-8-6-7-9-13-21-19-11-12-19/h19,21H,6-13H2,1-5H3. The monoisotopic (exact) mass is 287 g/mol. The van der Waals surface area contributed by atoms with Crippen LogP contribution < -0.4 is 5.32 Å². The molecule has 0 bridgehead atoms. The van der Waals surface area contributed by atoms with Gasteiger partial charge < -0.3 is 5.32 Å². The highest BCUT2D eigenvalue weighted by Crippen LogP contribution is 2.27. The van der Waals surface area contributed by atoms with Gasteiger partial charge in [0.2, 0.25) is 0 Å². The third-order valence-electron chi connectivity index (χ3n) is 5.52. The van der Waals surface area contributed by atoms with Crippen molar-refractivity contribution in [1.82, 2.24) is 5.32 Å². The van der Waals surface area contributed by atoms with Crippen LogP contribution in [0.4, 0.5) is 0 Å². The molecule has 1 heteroatoms. The minimum absolute atomic E-state index is 0.869. The number of hydrogen-bond donors (Lipinski definition) is 1. The lowest BCUT2D eigenvalue weighted by Gasteiger charge is -2.18. The summed E-state index contributed by atoms with van der Waals surface area (Å²) in [4.78, 5) is 0. The highest BCUT2D eigenvalue weighted by molar-refractivity contribution is 5.49. The van der Waals surface area contributed by atoms with Crippen molar-refractivity contribution in [2.24, 2.45) is 0 Å². The summed E-state index contributed by atoms with van der Waals surface area (Å²) in [6, 6.07) is 0.869. The highest BCUT2D eigenvalue weighted by atomic mass is 14.9. The molecule has 0 unspecified atom stereocenters. The fourth-order valence-electron chi connectivity index (χ4n) is 3.33. The van der Waals surface area contributed by atoms with Crippen LogP contribution in [0.3, 0.4) is 0 Å². The smallest absolute Gasteiger partial charge is 0.00682 e. The molecule has 1 nitrogen and oxygen atoms in total. The van der Waals surface area contributed by atoms with Crippen LogP contribution in [0.25, 0.3) is 0 Å². The van der Waals surface area contributed by atoms with Gasteiger partial charge in [0.15, 0.2) is 0 Å². The second-order valence-electron chi connectivity index (χ2n) is 7.00. The van der Waals surface area contributed by atoms with Gasteiger partial charge in [-0.3, -0.25) is 0 Å². The first kappa shape index (κ1) is 16.5. The number of nitrogens with one attached hydrogen (secondary N) is 1. The molecular weight excluding hydrogens is 254 g/mol. The van der Waals surface area contributed by atoms with Crippen LogP contribution in [-0.2, 0) is 6.42 Å². The Morgan fingerprint density at radius 3 is 1.81 bits per heavy atom. The molecule has 118 valence electrons. The molecule has 0 spiro atoms. The van der Waals surface area contributed by atoms with Crippen molar-refractivity contribution < 1.29 is 0 Å². The summed E-state index contributed by atoms with van der Waals surface area (Å²) < 4.78 is 0. The topological polar surface area (TPSA) is 12.0 Å². The zero-order valence-electron chi connectivity index (χ0n) is 14.7. The number of rotatable bonds is 8. The predicted octanol–water partition coefficient (Wildman–Crippen LogP) is 5.08. The van der Waals surface area contributed by atoms with E-state index in [0.29, 0.717) is 0 Å². The Labute approximate surface area is 131 Å². The molecule has 0 heterocycles. The predicted molar refractivity (Wildman–Crippen MR) is 93.3 cm³/mol. The lowest BCUT2D eigenvalue weighted by Crippen LogP contribution is -2.17. The highest BCUT2D eigenvalue weighted by Gasteiger charge is 2.19. The maximum atomic E-state index is 3.60. The van der Waals surface area contributed by atoms with E-state index in [1.165, 1.54) is 79.3 Å². The van der Waals surface area contributed by atoms with Gasteiger partial charge in [-0.15, -0.1) is 0 Å². The van der Waals surface area contributed by atoms with Crippen LogP contribution in [0, 0.1) is 34.6 Å². The first-order chi connectivity index (χ1) is 10.0. The molecule has 1 saturated carbocycles. The van der Waals surface area contributed by atoms with E-state index in [0.717, 1.165) is 6.04 Å². The van der Waals surface area contributed by atoms with Crippen LogP contribution in [0.15, 0.2) is 0 Å². The number of benzene rings is 1. The van der Waals surface area contributed by atoms with Gasteiger partial charge in [-0.1, -0.05) is 12.8 Å². The van der Waals surface area contributed by atoms with Crippen molar-refractivity contribution in [3.63, 3.8) is 0 Å². The molecule has 1 aliphatic carbocycles. The second-order valence-corrected chi connectivity index (χ2v) is 7.00. The van der Waals surface area contributed by atoms with Crippen molar-refractivity contribution in [3.8, 4) is 0 Å². The van der Waals surface area contributed by atoms with Crippen LogP contribution in [0.1, 0.15) is 71.9 Å². The number of unbranched alkanes of at least 4 members (excludes halogenated alkanes) is 3. The van der Waals surface area contributed by atoms with Crippen molar-refractivity contribution in [1.29, 1.82) is 0 Å². The second kappa shape index (κ2) is 7.45. The maximum absolute atomic E-state index is 3.60. The molecule has 1 N–H and O–H groups in total. The molecule has 0 radical (unpaired) electrons. The van der Waals surface area contributed by atoms with Gasteiger partial charge in [-0.05, 0) is 107 Å². The number of hydrogen-bond acceptors (Lipinski definition) is 1. The van der Waals surface area contributed by atoms with Gasteiger partial charge in [-0.25, -0.2) is 0 Å².